The van der Waals surface area contributed by atoms with E-state index in [1.807, 2.05) is 84.9 Å². The standard InChI is InChI=1S/C22H20N2O2/c1-26-21-14-8-9-18(17-21)15-16-22(25)23-24(19-10-4-2-5-11-19)20-12-6-3-7-13-20/h2-17H,1H3,(H,23,25)/b16-15+. The van der Waals surface area contributed by atoms with Crippen LogP contribution in [0.4, 0.5) is 11.4 Å². The highest BCUT2D eigenvalue weighted by Crippen LogP contribution is 2.22. The molecule has 0 radical (unpaired) electrons. The van der Waals surface area contributed by atoms with Gasteiger partial charge in [0.1, 0.15) is 5.75 Å². The number of amides is 1. The Bertz CT molecular complexity index is 837. The number of methoxy groups -OCH3 is 1. The van der Waals surface area contributed by atoms with Crippen molar-refractivity contribution in [2.24, 2.45) is 0 Å². The Hall–Kier alpha value is -3.53. The van der Waals surface area contributed by atoms with Crippen LogP contribution in [0.1, 0.15) is 5.56 Å². The number of ether oxygens (including phenoxy) is 1. The molecular formula is C22H20N2O2. The fraction of sp³-hybridized carbons (Fsp3) is 0.0455. The van der Waals surface area contributed by atoms with Crippen LogP contribution in [0.15, 0.2) is 91.0 Å². The summed E-state index contributed by atoms with van der Waals surface area (Å²) in [7, 11) is 1.62. The van der Waals surface area contributed by atoms with Crippen molar-refractivity contribution in [1.29, 1.82) is 0 Å². The summed E-state index contributed by atoms with van der Waals surface area (Å²) in [5.41, 5.74) is 5.57. The molecule has 1 amide bonds. The minimum atomic E-state index is -0.222. The lowest BCUT2D eigenvalue weighted by atomic mass is 10.2. The lowest BCUT2D eigenvalue weighted by Gasteiger charge is -2.24. The minimum absolute atomic E-state index is 0.222. The second kappa shape index (κ2) is 8.53. The van der Waals surface area contributed by atoms with E-state index in [4.69, 9.17) is 4.74 Å². The van der Waals surface area contributed by atoms with Gasteiger partial charge in [-0.2, -0.15) is 0 Å². The fourth-order valence-electron chi connectivity index (χ4n) is 2.50. The van der Waals surface area contributed by atoms with E-state index in [1.54, 1.807) is 18.2 Å². The number of benzene rings is 3. The molecule has 0 spiro atoms. The van der Waals surface area contributed by atoms with Crippen molar-refractivity contribution in [2.75, 3.05) is 12.1 Å². The Kier molecular flexibility index (Phi) is 5.68. The summed E-state index contributed by atoms with van der Waals surface area (Å²) in [6.45, 7) is 0. The monoisotopic (exact) mass is 344 g/mol. The first kappa shape index (κ1) is 17.3. The van der Waals surface area contributed by atoms with Gasteiger partial charge in [-0.25, -0.2) is 0 Å². The van der Waals surface area contributed by atoms with Crippen LogP contribution in [-0.2, 0) is 4.79 Å². The molecule has 0 aromatic heterocycles. The molecule has 0 fully saturated rings. The second-order valence-corrected chi connectivity index (χ2v) is 5.59. The molecule has 4 heteroatoms. The molecule has 3 aromatic rings. The number of para-hydroxylation sites is 2. The summed E-state index contributed by atoms with van der Waals surface area (Å²) in [5.74, 6) is 0.531. The molecule has 130 valence electrons. The van der Waals surface area contributed by atoms with Crippen LogP contribution in [0.5, 0.6) is 5.75 Å². The summed E-state index contributed by atoms with van der Waals surface area (Å²) in [4.78, 5) is 12.5. The molecule has 0 aliphatic carbocycles. The third-order valence-corrected chi connectivity index (χ3v) is 3.77. The van der Waals surface area contributed by atoms with Gasteiger partial charge in [-0.05, 0) is 48.0 Å². The Morgan fingerprint density at radius 2 is 1.50 bits per heavy atom. The van der Waals surface area contributed by atoms with Crippen LogP contribution in [0.3, 0.4) is 0 Å². The van der Waals surface area contributed by atoms with Crippen molar-refractivity contribution in [3.8, 4) is 5.75 Å². The normalized spacial score (nSPS) is 10.5. The Balaban J connectivity index is 1.78. The zero-order valence-electron chi connectivity index (χ0n) is 14.5. The first-order chi connectivity index (χ1) is 12.8. The number of hydrogen-bond acceptors (Lipinski definition) is 3. The van der Waals surface area contributed by atoms with Crippen LogP contribution in [0.25, 0.3) is 6.08 Å². The number of hydrogen-bond donors (Lipinski definition) is 1. The maximum absolute atomic E-state index is 12.5. The van der Waals surface area contributed by atoms with E-state index >= 15 is 0 Å². The molecule has 4 nitrogen and oxygen atoms in total. The van der Waals surface area contributed by atoms with Gasteiger partial charge in [0.25, 0.3) is 5.91 Å². The van der Waals surface area contributed by atoms with Crippen molar-refractivity contribution >= 4 is 23.4 Å². The van der Waals surface area contributed by atoms with Gasteiger partial charge in [0.15, 0.2) is 0 Å². The molecule has 0 atom stereocenters. The second-order valence-electron chi connectivity index (χ2n) is 5.59. The molecule has 0 saturated carbocycles. The number of nitrogens with one attached hydrogen (secondary N) is 1. The largest absolute Gasteiger partial charge is 0.497 e. The maximum Gasteiger partial charge on any atom is 0.262 e. The van der Waals surface area contributed by atoms with Gasteiger partial charge < -0.3 is 4.74 Å². The van der Waals surface area contributed by atoms with E-state index < -0.39 is 0 Å². The van der Waals surface area contributed by atoms with E-state index in [0.717, 1.165) is 22.7 Å². The van der Waals surface area contributed by atoms with Gasteiger partial charge >= 0.3 is 0 Å². The van der Waals surface area contributed by atoms with Crippen molar-refractivity contribution < 1.29 is 9.53 Å². The smallest absolute Gasteiger partial charge is 0.262 e. The van der Waals surface area contributed by atoms with Crippen molar-refractivity contribution in [2.45, 2.75) is 0 Å². The SMILES string of the molecule is COc1cccc(/C=C/C(=O)NN(c2ccccc2)c2ccccc2)c1. The molecule has 1 N–H and O–H groups in total. The molecule has 0 aliphatic rings. The topological polar surface area (TPSA) is 41.6 Å². The van der Waals surface area contributed by atoms with Gasteiger partial charge in [-0.15, -0.1) is 0 Å². The molecule has 3 rings (SSSR count). The number of carbonyl (C=O) groups excluding carboxylic acids is 1. The Labute approximate surface area is 153 Å². The highest BCUT2D eigenvalue weighted by atomic mass is 16.5. The van der Waals surface area contributed by atoms with E-state index in [9.17, 15) is 4.79 Å². The number of hydrazine groups is 1. The molecule has 26 heavy (non-hydrogen) atoms. The van der Waals surface area contributed by atoms with Gasteiger partial charge in [0, 0.05) is 6.08 Å². The third-order valence-electron chi connectivity index (χ3n) is 3.77. The fourth-order valence-corrected chi connectivity index (χ4v) is 2.50. The number of anilines is 2. The predicted octanol–water partition coefficient (Wildman–Crippen LogP) is 4.58. The van der Waals surface area contributed by atoms with Gasteiger partial charge in [-0.1, -0.05) is 48.5 Å². The van der Waals surface area contributed by atoms with Gasteiger partial charge in [-0.3, -0.25) is 15.2 Å². The average Bonchev–Trinajstić information content (AvgIpc) is 2.72. The van der Waals surface area contributed by atoms with Crippen molar-refractivity contribution in [3.63, 3.8) is 0 Å². The Morgan fingerprint density at radius 3 is 2.08 bits per heavy atom. The molecule has 0 unspecified atom stereocenters. The summed E-state index contributed by atoms with van der Waals surface area (Å²) >= 11 is 0. The van der Waals surface area contributed by atoms with E-state index in [-0.39, 0.29) is 5.91 Å². The zero-order valence-corrected chi connectivity index (χ0v) is 14.5. The lowest BCUT2D eigenvalue weighted by Crippen LogP contribution is -2.37. The summed E-state index contributed by atoms with van der Waals surface area (Å²) in [5, 5.41) is 1.76. The number of nitrogens with zero attached hydrogens (tertiary/aromatic N) is 1. The average molecular weight is 344 g/mol. The third kappa shape index (κ3) is 4.51. The number of rotatable bonds is 6. The molecule has 0 saturated heterocycles. The zero-order chi connectivity index (χ0) is 18.2. The first-order valence-corrected chi connectivity index (χ1v) is 8.29. The van der Waals surface area contributed by atoms with Crippen LogP contribution >= 0.6 is 0 Å². The number of carbonyl (C=O) groups is 1. The molecule has 0 heterocycles. The van der Waals surface area contributed by atoms with Crippen LogP contribution in [0.2, 0.25) is 0 Å². The van der Waals surface area contributed by atoms with Gasteiger partial charge in [0.2, 0.25) is 0 Å². The predicted molar refractivity (Wildman–Crippen MR) is 105 cm³/mol. The van der Waals surface area contributed by atoms with Crippen LogP contribution in [0, 0.1) is 0 Å². The Morgan fingerprint density at radius 1 is 0.885 bits per heavy atom. The van der Waals surface area contributed by atoms with E-state index in [2.05, 4.69) is 5.43 Å². The summed E-state index contributed by atoms with van der Waals surface area (Å²) in [6, 6.07) is 26.9. The molecular weight excluding hydrogens is 324 g/mol. The molecule has 3 aromatic carbocycles. The van der Waals surface area contributed by atoms with E-state index in [0.29, 0.717) is 0 Å². The minimum Gasteiger partial charge on any atom is -0.497 e. The van der Waals surface area contributed by atoms with Crippen LogP contribution in [-0.4, -0.2) is 13.0 Å². The summed E-state index contributed by atoms with van der Waals surface area (Å²) in [6.07, 6.45) is 3.26. The quantitative estimate of drug-likeness (QED) is 0.526. The summed E-state index contributed by atoms with van der Waals surface area (Å²) < 4.78 is 5.20. The lowest BCUT2D eigenvalue weighted by molar-refractivity contribution is -0.116. The maximum atomic E-state index is 12.5. The van der Waals surface area contributed by atoms with Crippen LogP contribution < -0.4 is 15.2 Å². The van der Waals surface area contributed by atoms with Crippen molar-refractivity contribution in [3.05, 3.63) is 96.6 Å². The molecule has 0 aliphatic heterocycles. The molecule has 0 bridgehead atoms. The highest BCUT2D eigenvalue weighted by Gasteiger charge is 2.10. The van der Waals surface area contributed by atoms with Crippen molar-refractivity contribution in [1.82, 2.24) is 5.43 Å². The first-order valence-electron chi connectivity index (χ1n) is 8.29. The van der Waals surface area contributed by atoms with Gasteiger partial charge in [0.05, 0.1) is 18.5 Å². The van der Waals surface area contributed by atoms with E-state index in [1.165, 1.54) is 6.08 Å². The highest BCUT2D eigenvalue weighted by molar-refractivity contribution is 5.93.